The number of methoxy groups -OCH3 is 1. The van der Waals surface area contributed by atoms with E-state index < -0.39 is 0 Å². The third-order valence-corrected chi connectivity index (χ3v) is 3.10. The molecule has 1 atom stereocenters. The summed E-state index contributed by atoms with van der Waals surface area (Å²) in [5, 5.41) is 3.24. The van der Waals surface area contributed by atoms with Crippen LogP contribution >= 0.6 is 0 Å². The molecule has 1 N–H and O–H groups in total. The molecule has 0 heterocycles. The minimum atomic E-state index is -0.234. The maximum Gasteiger partial charge on any atom is 0.328 e. The molecule has 1 saturated carbocycles. The molecule has 0 radical (unpaired) electrons. The summed E-state index contributed by atoms with van der Waals surface area (Å²) in [5.41, 5.74) is 0.915. The number of carbonyl (C=O) groups excluding carboxylic acids is 1. The Labute approximate surface area is 114 Å². The number of nitrogens with one attached hydrogen (secondary N) is 1. The SMILES string of the molecule is COC(=O)C(Nc1ccc(OC(C)C)cc1)C1CC1. The maximum absolute atomic E-state index is 11.7. The van der Waals surface area contributed by atoms with Crippen LogP contribution in [-0.4, -0.2) is 25.2 Å². The molecule has 1 aromatic rings. The van der Waals surface area contributed by atoms with E-state index in [1.54, 1.807) is 0 Å². The summed E-state index contributed by atoms with van der Waals surface area (Å²) in [6, 6.07) is 7.43. The molecule has 1 fully saturated rings. The molecule has 104 valence electrons. The Bertz CT molecular complexity index is 424. The van der Waals surface area contributed by atoms with Crippen molar-refractivity contribution in [3.8, 4) is 5.75 Å². The third-order valence-electron chi connectivity index (χ3n) is 3.10. The number of ether oxygens (including phenoxy) is 2. The monoisotopic (exact) mass is 263 g/mol. The average Bonchev–Trinajstić information content (AvgIpc) is 3.20. The molecule has 0 aliphatic heterocycles. The molecular weight excluding hydrogens is 242 g/mol. The van der Waals surface area contributed by atoms with Crippen LogP contribution in [0.15, 0.2) is 24.3 Å². The van der Waals surface area contributed by atoms with Gasteiger partial charge < -0.3 is 14.8 Å². The molecule has 0 bridgehead atoms. The second-order valence-corrected chi connectivity index (χ2v) is 5.17. The average molecular weight is 263 g/mol. The topological polar surface area (TPSA) is 47.6 Å². The lowest BCUT2D eigenvalue weighted by Gasteiger charge is -2.17. The molecule has 1 aromatic carbocycles. The predicted molar refractivity (Wildman–Crippen MR) is 74.4 cm³/mol. The second-order valence-electron chi connectivity index (χ2n) is 5.17. The molecule has 19 heavy (non-hydrogen) atoms. The highest BCUT2D eigenvalue weighted by molar-refractivity contribution is 5.80. The van der Waals surface area contributed by atoms with Gasteiger partial charge in [-0.3, -0.25) is 0 Å². The number of benzene rings is 1. The zero-order valence-electron chi connectivity index (χ0n) is 11.7. The summed E-state index contributed by atoms with van der Waals surface area (Å²) in [5.74, 6) is 1.05. The fraction of sp³-hybridized carbons (Fsp3) is 0.533. The van der Waals surface area contributed by atoms with Crippen molar-refractivity contribution in [1.29, 1.82) is 0 Å². The van der Waals surface area contributed by atoms with Crippen molar-refractivity contribution in [2.75, 3.05) is 12.4 Å². The van der Waals surface area contributed by atoms with Crippen molar-refractivity contribution in [1.82, 2.24) is 0 Å². The van der Waals surface area contributed by atoms with Crippen LogP contribution in [0.3, 0.4) is 0 Å². The van der Waals surface area contributed by atoms with Crippen molar-refractivity contribution < 1.29 is 14.3 Å². The highest BCUT2D eigenvalue weighted by atomic mass is 16.5. The van der Waals surface area contributed by atoms with Gasteiger partial charge in [-0.15, -0.1) is 0 Å². The lowest BCUT2D eigenvalue weighted by molar-refractivity contribution is -0.142. The van der Waals surface area contributed by atoms with Crippen LogP contribution in [0.5, 0.6) is 5.75 Å². The Morgan fingerprint density at radius 2 is 1.89 bits per heavy atom. The third kappa shape index (κ3) is 3.88. The summed E-state index contributed by atoms with van der Waals surface area (Å²) in [6.07, 6.45) is 2.33. The molecule has 2 rings (SSSR count). The minimum absolute atomic E-state index is 0.160. The maximum atomic E-state index is 11.7. The first-order valence-electron chi connectivity index (χ1n) is 6.71. The molecule has 1 aliphatic carbocycles. The molecule has 1 unspecified atom stereocenters. The van der Waals surface area contributed by atoms with Crippen LogP contribution in [-0.2, 0) is 9.53 Å². The smallest absolute Gasteiger partial charge is 0.328 e. The molecule has 4 nitrogen and oxygen atoms in total. The van der Waals surface area contributed by atoms with Gasteiger partial charge in [0.25, 0.3) is 0 Å². The Morgan fingerprint density at radius 3 is 2.37 bits per heavy atom. The van der Waals surface area contributed by atoms with Crippen molar-refractivity contribution >= 4 is 11.7 Å². The van der Waals surface area contributed by atoms with Crippen molar-refractivity contribution in [2.24, 2.45) is 5.92 Å². The van der Waals surface area contributed by atoms with Crippen molar-refractivity contribution in [3.63, 3.8) is 0 Å². The Balaban J connectivity index is 1.99. The molecule has 1 aliphatic rings. The number of rotatable bonds is 6. The Kier molecular flexibility index (Phi) is 4.30. The van der Waals surface area contributed by atoms with E-state index in [9.17, 15) is 4.79 Å². The quantitative estimate of drug-likeness (QED) is 0.802. The predicted octanol–water partition coefficient (Wildman–Crippen LogP) is 2.84. The second kappa shape index (κ2) is 5.95. The van der Waals surface area contributed by atoms with Gasteiger partial charge in [0.1, 0.15) is 11.8 Å². The largest absolute Gasteiger partial charge is 0.491 e. The zero-order chi connectivity index (χ0) is 13.8. The van der Waals surface area contributed by atoms with Gasteiger partial charge in [0, 0.05) is 5.69 Å². The van der Waals surface area contributed by atoms with Gasteiger partial charge in [0.2, 0.25) is 0 Å². The highest BCUT2D eigenvalue weighted by Crippen LogP contribution is 2.35. The van der Waals surface area contributed by atoms with E-state index >= 15 is 0 Å². The van der Waals surface area contributed by atoms with Crippen molar-refractivity contribution in [3.05, 3.63) is 24.3 Å². The van der Waals surface area contributed by atoms with E-state index in [-0.39, 0.29) is 18.1 Å². The molecule has 4 heteroatoms. The number of carbonyl (C=O) groups is 1. The summed E-state index contributed by atoms with van der Waals surface area (Å²) in [7, 11) is 1.43. The van der Waals surface area contributed by atoms with Crippen LogP contribution in [0.1, 0.15) is 26.7 Å². The van der Waals surface area contributed by atoms with Gasteiger partial charge >= 0.3 is 5.97 Å². The first-order valence-corrected chi connectivity index (χ1v) is 6.71. The van der Waals surface area contributed by atoms with Gasteiger partial charge in [0.15, 0.2) is 0 Å². The molecule has 0 aromatic heterocycles. The summed E-state index contributed by atoms with van der Waals surface area (Å²) < 4.78 is 10.4. The van der Waals surface area contributed by atoms with E-state index in [4.69, 9.17) is 9.47 Å². The summed E-state index contributed by atoms with van der Waals surface area (Å²) >= 11 is 0. The summed E-state index contributed by atoms with van der Waals surface area (Å²) in [6.45, 7) is 3.99. The minimum Gasteiger partial charge on any atom is -0.491 e. The van der Waals surface area contributed by atoms with E-state index in [0.29, 0.717) is 5.92 Å². The lowest BCUT2D eigenvalue weighted by Crippen LogP contribution is -2.32. The van der Waals surface area contributed by atoms with Gasteiger partial charge in [-0.05, 0) is 56.9 Å². The molecule has 0 spiro atoms. The Morgan fingerprint density at radius 1 is 1.26 bits per heavy atom. The van der Waals surface area contributed by atoms with Gasteiger partial charge in [-0.2, -0.15) is 0 Å². The van der Waals surface area contributed by atoms with Crippen LogP contribution in [0, 0.1) is 5.92 Å². The normalized spacial score (nSPS) is 16.0. The first-order chi connectivity index (χ1) is 9.10. The molecular formula is C15H21NO3. The first kappa shape index (κ1) is 13.7. The van der Waals surface area contributed by atoms with Crippen LogP contribution in [0.4, 0.5) is 5.69 Å². The number of hydrogen-bond acceptors (Lipinski definition) is 4. The molecule has 0 amide bonds. The van der Waals surface area contributed by atoms with E-state index in [1.165, 1.54) is 7.11 Å². The van der Waals surface area contributed by atoms with Crippen LogP contribution in [0.2, 0.25) is 0 Å². The van der Waals surface area contributed by atoms with Crippen molar-refractivity contribution in [2.45, 2.75) is 38.8 Å². The van der Waals surface area contributed by atoms with E-state index in [0.717, 1.165) is 24.3 Å². The highest BCUT2D eigenvalue weighted by Gasteiger charge is 2.36. The zero-order valence-corrected chi connectivity index (χ0v) is 11.7. The van der Waals surface area contributed by atoms with E-state index in [2.05, 4.69) is 5.32 Å². The summed E-state index contributed by atoms with van der Waals surface area (Å²) in [4.78, 5) is 11.7. The van der Waals surface area contributed by atoms with Crippen LogP contribution in [0.25, 0.3) is 0 Å². The van der Waals surface area contributed by atoms with Gasteiger partial charge in [-0.1, -0.05) is 0 Å². The fourth-order valence-corrected chi connectivity index (χ4v) is 2.01. The number of anilines is 1. The van der Waals surface area contributed by atoms with Gasteiger partial charge in [-0.25, -0.2) is 4.79 Å². The number of esters is 1. The Hall–Kier alpha value is -1.71. The number of hydrogen-bond donors (Lipinski definition) is 1. The van der Waals surface area contributed by atoms with E-state index in [1.807, 2.05) is 38.1 Å². The fourth-order valence-electron chi connectivity index (χ4n) is 2.01. The van der Waals surface area contributed by atoms with Gasteiger partial charge in [0.05, 0.1) is 13.2 Å². The molecule has 0 saturated heterocycles. The lowest BCUT2D eigenvalue weighted by atomic mass is 10.1. The standard InChI is InChI=1S/C15H21NO3/c1-10(2)19-13-8-6-12(7-9-13)16-14(11-4-5-11)15(17)18-3/h6-11,14,16H,4-5H2,1-3H3. The van der Waals surface area contributed by atoms with Crippen LogP contribution < -0.4 is 10.1 Å².